The van der Waals surface area contributed by atoms with Gasteiger partial charge in [0.25, 0.3) is 0 Å². The summed E-state index contributed by atoms with van der Waals surface area (Å²) >= 11 is 0. The fourth-order valence-electron chi connectivity index (χ4n) is 0.636. The van der Waals surface area contributed by atoms with Gasteiger partial charge < -0.3 is 15.6 Å². The van der Waals surface area contributed by atoms with E-state index in [9.17, 15) is 0 Å². The second kappa shape index (κ2) is 4.21. The monoisotopic (exact) mass is 175 g/mol. The summed E-state index contributed by atoms with van der Waals surface area (Å²) in [5.41, 5.74) is 5.14. The Morgan fingerprint density at radius 3 is 2.08 bits per heavy atom. The molecule has 3 nitrogen and oxygen atoms in total. The lowest BCUT2D eigenvalue weighted by atomic mass is 10.0. The summed E-state index contributed by atoms with van der Waals surface area (Å²) in [5.74, 6) is 0. The van der Waals surface area contributed by atoms with Crippen molar-refractivity contribution in [3.63, 3.8) is 0 Å². The van der Waals surface area contributed by atoms with Crippen LogP contribution in [0.5, 0.6) is 0 Å². The van der Waals surface area contributed by atoms with E-state index in [1.807, 2.05) is 27.7 Å². The molecule has 0 bridgehead atoms. The van der Waals surface area contributed by atoms with Crippen molar-refractivity contribution in [1.82, 2.24) is 0 Å². The molecule has 0 unspecified atom stereocenters. The number of ether oxygens (including phenoxy) is 1. The van der Waals surface area contributed by atoms with Crippen molar-refractivity contribution in [2.75, 3.05) is 13.2 Å². The molecule has 0 saturated carbocycles. The third kappa shape index (κ3) is 6.58. The minimum Gasteiger partial charge on any atom is -0.393 e. The molecule has 0 rings (SSSR count). The number of nitrogens with two attached hydrogens (primary N) is 1. The second-order valence-corrected chi connectivity index (χ2v) is 4.50. The van der Waals surface area contributed by atoms with Crippen LogP contribution in [0.15, 0.2) is 0 Å². The lowest BCUT2D eigenvalue weighted by Gasteiger charge is -2.25. The number of hydrogen-bond donors (Lipinski definition) is 2. The normalized spacial score (nSPS) is 13.5. The zero-order valence-corrected chi connectivity index (χ0v) is 8.55. The summed E-state index contributed by atoms with van der Waals surface area (Å²) in [7, 11) is 0. The number of hydrogen-bond acceptors (Lipinski definition) is 3. The van der Waals surface area contributed by atoms with E-state index in [1.54, 1.807) is 0 Å². The van der Waals surface area contributed by atoms with Crippen molar-refractivity contribution in [3.8, 4) is 0 Å². The van der Waals surface area contributed by atoms with Gasteiger partial charge in [-0.15, -0.1) is 0 Å². The molecule has 0 aromatic heterocycles. The molecule has 0 aliphatic rings. The highest BCUT2D eigenvalue weighted by atomic mass is 16.5. The van der Waals surface area contributed by atoms with Crippen molar-refractivity contribution in [1.29, 1.82) is 0 Å². The van der Waals surface area contributed by atoms with Crippen LogP contribution in [0, 0.1) is 0 Å². The predicted octanol–water partition coefficient (Wildman–Crippen LogP) is 0.901. The van der Waals surface area contributed by atoms with Gasteiger partial charge in [0, 0.05) is 12.1 Å². The van der Waals surface area contributed by atoms with Crippen LogP contribution in [0.2, 0.25) is 0 Å². The molecule has 0 saturated heterocycles. The van der Waals surface area contributed by atoms with Crippen molar-refractivity contribution in [3.05, 3.63) is 0 Å². The van der Waals surface area contributed by atoms with Gasteiger partial charge in [0.1, 0.15) is 0 Å². The summed E-state index contributed by atoms with van der Waals surface area (Å²) in [5, 5.41) is 8.87. The molecule has 0 aromatic carbocycles. The summed E-state index contributed by atoms with van der Waals surface area (Å²) in [6.07, 6.45) is 0.802. The third-order valence-corrected chi connectivity index (χ3v) is 1.62. The van der Waals surface area contributed by atoms with Gasteiger partial charge in [-0.1, -0.05) is 0 Å². The van der Waals surface area contributed by atoms with Crippen molar-refractivity contribution >= 4 is 0 Å². The lowest BCUT2D eigenvalue weighted by molar-refractivity contribution is -0.0577. The molecule has 3 N–H and O–H groups in total. The van der Waals surface area contributed by atoms with Crippen LogP contribution < -0.4 is 5.73 Å². The van der Waals surface area contributed by atoms with Gasteiger partial charge in [0.2, 0.25) is 0 Å². The van der Waals surface area contributed by atoms with E-state index in [0.29, 0.717) is 6.61 Å². The summed E-state index contributed by atoms with van der Waals surface area (Å²) < 4.78 is 5.42. The zero-order valence-electron chi connectivity index (χ0n) is 8.55. The van der Waals surface area contributed by atoms with Gasteiger partial charge in [-0.25, -0.2) is 0 Å². The van der Waals surface area contributed by atoms with E-state index >= 15 is 0 Å². The Labute approximate surface area is 74.9 Å². The van der Waals surface area contributed by atoms with Gasteiger partial charge in [0.05, 0.1) is 12.2 Å². The highest BCUT2D eigenvalue weighted by molar-refractivity contribution is 4.72. The average Bonchev–Trinajstić information content (AvgIpc) is 1.84. The second-order valence-electron chi connectivity index (χ2n) is 4.50. The van der Waals surface area contributed by atoms with Crippen LogP contribution in [0.3, 0.4) is 0 Å². The Morgan fingerprint density at radius 1 is 1.25 bits per heavy atom. The summed E-state index contributed by atoms with van der Waals surface area (Å²) in [6.45, 7) is 8.27. The van der Waals surface area contributed by atoms with E-state index < -0.39 is 5.60 Å². The van der Waals surface area contributed by atoms with Crippen LogP contribution >= 0.6 is 0 Å². The first-order valence-corrected chi connectivity index (χ1v) is 4.30. The van der Waals surface area contributed by atoms with Crippen molar-refractivity contribution < 1.29 is 9.84 Å². The largest absolute Gasteiger partial charge is 0.393 e. The van der Waals surface area contributed by atoms with Crippen molar-refractivity contribution in [2.24, 2.45) is 5.73 Å². The van der Waals surface area contributed by atoms with Crippen LogP contribution in [0.25, 0.3) is 0 Å². The Bertz CT molecular complexity index is 127. The first-order chi connectivity index (χ1) is 5.27. The van der Waals surface area contributed by atoms with Gasteiger partial charge in [-0.3, -0.25) is 0 Å². The van der Waals surface area contributed by atoms with Crippen molar-refractivity contribution in [2.45, 2.75) is 45.3 Å². The Morgan fingerprint density at radius 2 is 1.75 bits per heavy atom. The van der Waals surface area contributed by atoms with Gasteiger partial charge >= 0.3 is 0 Å². The molecule has 3 heteroatoms. The molecule has 0 aliphatic carbocycles. The molecule has 0 fully saturated rings. The van der Waals surface area contributed by atoms with Crippen LogP contribution in [-0.2, 0) is 4.74 Å². The maximum absolute atomic E-state index is 8.87. The summed E-state index contributed by atoms with van der Waals surface area (Å²) in [4.78, 5) is 0. The van der Waals surface area contributed by atoms with Crippen LogP contribution in [-0.4, -0.2) is 29.5 Å². The molecule has 0 aliphatic heterocycles. The molecule has 0 aromatic rings. The van der Waals surface area contributed by atoms with Crippen LogP contribution in [0.4, 0.5) is 0 Å². The predicted molar refractivity (Wildman–Crippen MR) is 50.0 cm³/mol. The average molecular weight is 175 g/mol. The molecule has 0 heterocycles. The topological polar surface area (TPSA) is 55.5 Å². The lowest BCUT2D eigenvalue weighted by Crippen LogP contribution is -2.36. The van der Waals surface area contributed by atoms with Crippen LogP contribution in [0.1, 0.15) is 34.1 Å². The Kier molecular flexibility index (Phi) is 4.17. The minimum absolute atomic E-state index is 0.0397. The third-order valence-electron chi connectivity index (χ3n) is 1.62. The van der Waals surface area contributed by atoms with Gasteiger partial charge in [-0.2, -0.15) is 0 Å². The maximum Gasteiger partial charge on any atom is 0.0856 e. The van der Waals surface area contributed by atoms with Gasteiger partial charge in [0.15, 0.2) is 0 Å². The van der Waals surface area contributed by atoms with E-state index in [1.165, 1.54) is 0 Å². The Hall–Kier alpha value is -0.120. The molecule has 12 heavy (non-hydrogen) atoms. The number of aliphatic hydroxyl groups excluding tert-OH is 1. The first kappa shape index (κ1) is 11.9. The molecule has 74 valence electrons. The number of aliphatic hydroxyl groups is 1. The standard InChI is InChI=1S/C9H21NO2/c1-8(2,10)5-6-12-9(3,4)7-11/h11H,5-7,10H2,1-4H3. The smallest absolute Gasteiger partial charge is 0.0856 e. The molecule has 0 atom stereocenters. The SMILES string of the molecule is CC(C)(N)CCOC(C)(C)CO. The quantitative estimate of drug-likeness (QED) is 0.652. The molecular weight excluding hydrogens is 154 g/mol. The fraction of sp³-hybridized carbons (Fsp3) is 1.00. The van der Waals surface area contributed by atoms with E-state index in [0.717, 1.165) is 6.42 Å². The first-order valence-electron chi connectivity index (χ1n) is 4.30. The van der Waals surface area contributed by atoms with E-state index in [-0.39, 0.29) is 12.1 Å². The Balaban J connectivity index is 3.57. The van der Waals surface area contributed by atoms with E-state index in [4.69, 9.17) is 15.6 Å². The zero-order chi connectivity index (χ0) is 9.83. The summed E-state index contributed by atoms with van der Waals surface area (Å²) in [6, 6.07) is 0. The van der Waals surface area contributed by atoms with E-state index in [2.05, 4.69) is 0 Å². The molecule has 0 radical (unpaired) electrons. The van der Waals surface area contributed by atoms with Gasteiger partial charge in [-0.05, 0) is 34.1 Å². The molecule has 0 amide bonds. The highest BCUT2D eigenvalue weighted by Crippen LogP contribution is 2.11. The maximum atomic E-state index is 8.87. The molecule has 0 spiro atoms. The fourth-order valence-corrected chi connectivity index (χ4v) is 0.636. The highest BCUT2D eigenvalue weighted by Gasteiger charge is 2.18. The minimum atomic E-state index is -0.439. The number of rotatable bonds is 5. The molecular formula is C9H21NO2.